The van der Waals surface area contributed by atoms with Crippen LogP contribution in [0.5, 0.6) is 0 Å². The molecule has 1 heterocycles. The molecule has 0 radical (unpaired) electrons. The van der Waals surface area contributed by atoms with Gasteiger partial charge in [-0.05, 0) is 62.4 Å². The van der Waals surface area contributed by atoms with Crippen molar-refractivity contribution in [2.75, 3.05) is 6.54 Å². The average Bonchev–Trinajstić information content (AvgIpc) is 2.77. The first-order valence-electron chi connectivity index (χ1n) is 10.3. The van der Waals surface area contributed by atoms with Gasteiger partial charge in [0.15, 0.2) is 5.78 Å². The second-order valence-corrected chi connectivity index (χ2v) is 9.43. The number of hydrogen-bond acceptors (Lipinski definition) is 4. The Hall–Kier alpha value is -2.51. The quantitative estimate of drug-likeness (QED) is 0.681. The van der Waals surface area contributed by atoms with Gasteiger partial charge in [0.25, 0.3) is 5.91 Å². The van der Waals surface area contributed by atoms with Crippen molar-refractivity contribution in [2.24, 2.45) is 0 Å². The molecule has 7 heteroatoms. The summed E-state index contributed by atoms with van der Waals surface area (Å²) in [5, 5.41) is 0. The van der Waals surface area contributed by atoms with E-state index in [1.807, 2.05) is 4.90 Å². The lowest BCUT2D eigenvalue weighted by Gasteiger charge is -2.35. The molecule has 0 aliphatic carbocycles. The summed E-state index contributed by atoms with van der Waals surface area (Å²) >= 11 is 0. The van der Waals surface area contributed by atoms with Gasteiger partial charge in [-0.25, -0.2) is 13.1 Å². The first kappa shape index (κ1) is 22.2. The lowest BCUT2D eigenvalue weighted by Crippen LogP contribution is -2.43. The van der Waals surface area contributed by atoms with Crippen LogP contribution in [0.25, 0.3) is 0 Å². The molecule has 3 rings (SSSR count). The van der Waals surface area contributed by atoms with E-state index in [-0.39, 0.29) is 23.1 Å². The van der Waals surface area contributed by atoms with Crippen molar-refractivity contribution >= 4 is 21.7 Å². The topological polar surface area (TPSA) is 83.6 Å². The monoisotopic (exact) mass is 428 g/mol. The van der Waals surface area contributed by atoms with Crippen molar-refractivity contribution < 1.29 is 18.0 Å². The minimum absolute atomic E-state index is 0.0410. The van der Waals surface area contributed by atoms with E-state index < -0.39 is 10.0 Å². The number of carbonyl (C=O) groups excluding carboxylic acids is 2. The molecule has 1 saturated heterocycles. The summed E-state index contributed by atoms with van der Waals surface area (Å²) < 4.78 is 27.5. The highest BCUT2D eigenvalue weighted by Gasteiger charge is 2.26. The summed E-state index contributed by atoms with van der Waals surface area (Å²) in [6.45, 7) is 4.46. The molecule has 0 saturated carbocycles. The molecule has 1 fully saturated rings. The van der Waals surface area contributed by atoms with Gasteiger partial charge in [-0.15, -0.1) is 0 Å². The van der Waals surface area contributed by atoms with Crippen LogP contribution in [0.2, 0.25) is 0 Å². The van der Waals surface area contributed by atoms with Crippen LogP contribution in [0.4, 0.5) is 0 Å². The Morgan fingerprint density at radius 2 is 1.63 bits per heavy atom. The zero-order valence-corrected chi connectivity index (χ0v) is 18.2. The van der Waals surface area contributed by atoms with Crippen LogP contribution in [0.3, 0.4) is 0 Å². The highest BCUT2D eigenvalue weighted by Crippen LogP contribution is 2.22. The van der Waals surface area contributed by atoms with Gasteiger partial charge in [-0.3, -0.25) is 9.59 Å². The van der Waals surface area contributed by atoms with Gasteiger partial charge in [0.2, 0.25) is 10.0 Å². The summed E-state index contributed by atoms with van der Waals surface area (Å²) in [6, 6.07) is 13.2. The molecular formula is C23H28N2O4S. The van der Waals surface area contributed by atoms with Gasteiger partial charge in [0.1, 0.15) is 0 Å². The van der Waals surface area contributed by atoms with Crippen LogP contribution in [-0.2, 0) is 16.6 Å². The Morgan fingerprint density at radius 3 is 2.23 bits per heavy atom. The molecule has 1 atom stereocenters. The third kappa shape index (κ3) is 5.15. The highest BCUT2D eigenvalue weighted by atomic mass is 32.2. The number of nitrogens with zero attached hydrogens (tertiary/aromatic N) is 1. The Labute approximate surface area is 178 Å². The largest absolute Gasteiger partial charge is 0.336 e. The van der Waals surface area contributed by atoms with Crippen LogP contribution in [0.15, 0.2) is 53.4 Å². The number of hydrogen-bond donors (Lipinski definition) is 1. The van der Waals surface area contributed by atoms with E-state index >= 15 is 0 Å². The van der Waals surface area contributed by atoms with Gasteiger partial charge in [-0.2, -0.15) is 0 Å². The van der Waals surface area contributed by atoms with Crippen molar-refractivity contribution in [3.8, 4) is 0 Å². The number of nitrogens with one attached hydrogen (secondary N) is 1. The molecule has 2 aromatic carbocycles. The molecule has 2 aromatic rings. The number of Topliss-reactive ketones (excluding diaryl/α,β-unsaturated/α-hetero) is 1. The predicted octanol–water partition coefficient (Wildman–Crippen LogP) is 3.77. The van der Waals surface area contributed by atoms with Crippen LogP contribution in [0.1, 0.15) is 65.8 Å². The second kappa shape index (κ2) is 9.53. The van der Waals surface area contributed by atoms with Crippen molar-refractivity contribution in [1.82, 2.24) is 9.62 Å². The number of piperidine rings is 1. The molecule has 30 heavy (non-hydrogen) atoms. The number of sulfonamides is 1. The first-order valence-corrected chi connectivity index (χ1v) is 11.8. The van der Waals surface area contributed by atoms with E-state index in [2.05, 4.69) is 11.6 Å². The number of rotatable bonds is 7. The number of carbonyl (C=O) groups is 2. The second-order valence-electron chi connectivity index (χ2n) is 7.66. The maximum atomic E-state index is 12.8. The lowest BCUT2D eigenvalue weighted by molar-refractivity contribution is 0.0608. The fourth-order valence-corrected chi connectivity index (χ4v) is 4.77. The van der Waals surface area contributed by atoms with Crippen molar-refractivity contribution in [3.05, 3.63) is 65.2 Å². The third-order valence-electron chi connectivity index (χ3n) is 5.60. The predicted molar refractivity (Wildman–Crippen MR) is 116 cm³/mol. The molecule has 0 aromatic heterocycles. The average molecular weight is 429 g/mol. The fraction of sp³-hybridized carbons (Fsp3) is 0.391. The van der Waals surface area contributed by atoms with Crippen molar-refractivity contribution in [3.63, 3.8) is 0 Å². The van der Waals surface area contributed by atoms with Gasteiger partial charge in [0.05, 0.1) is 4.90 Å². The minimum atomic E-state index is -3.69. The van der Waals surface area contributed by atoms with Crippen molar-refractivity contribution in [2.45, 2.75) is 57.0 Å². The van der Waals surface area contributed by atoms with Gasteiger partial charge in [-0.1, -0.05) is 31.2 Å². The maximum absolute atomic E-state index is 12.8. The Bertz CT molecular complexity index is 999. The number of likely N-dealkylation sites (tertiary alicyclic amines) is 1. The minimum Gasteiger partial charge on any atom is -0.336 e. The van der Waals surface area contributed by atoms with Crippen LogP contribution in [0, 0.1) is 0 Å². The Balaban J connectivity index is 1.64. The molecule has 160 valence electrons. The summed E-state index contributed by atoms with van der Waals surface area (Å²) in [7, 11) is -3.69. The first-order chi connectivity index (χ1) is 14.3. The zero-order valence-electron chi connectivity index (χ0n) is 17.4. The molecule has 1 amide bonds. The lowest BCUT2D eigenvalue weighted by atomic mass is 9.98. The molecule has 6 nitrogen and oxygen atoms in total. The third-order valence-corrected chi connectivity index (χ3v) is 7.01. The maximum Gasteiger partial charge on any atom is 0.254 e. The van der Waals surface area contributed by atoms with E-state index in [0.29, 0.717) is 17.2 Å². The summed E-state index contributed by atoms with van der Waals surface area (Å²) in [5.74, 6) is -0.0735. The van der Waals surface area contributed by atoms with Crippen LogP contribution >= 0.6 is 0 Å². The van der Waals surface area contributed by atoms with E-state index in [4.69, 9.17) is 0 Å². The van der Waals surface area contributed by atoms with Gasteiger partial charge < -0.3 is 4.90 Å². The molecule has 0 spiro atoms. The van der Waals surface area contributed by atoms with E-state index in [1.165, 1.54) is 37.6 Å². The number of benzene rings is 2. The number of ketones is 1. The van der Waals surface area contributed by atoms with Gasteiger partial charge >= 0.3 is 0 Å². The molecule has 1 aliphatic heterocycles. The summed E-state index contributed by atoms with van der Waals surface area (Å²) in [6.07, 6.45) is 4.21. The standard InChI is InChI=1S/C23H28N2O4S/c1-3-21-6-4-5-15-25(21)23(27)20-9-7-18(8-10-20)16-24-30(28,29)22-13-11-19(12-14-22)17(2)26/h7-14,21,24H,3-6,15-16H2,1-2H3. The van der Waals surface area contributed by atoms with Gasteiger partial charge in [0, 0.05) is 30.3 Å². The SMILES string of the molecule is CCC1CCCCN1C(=O)c1ccc(CNS(=O)(=O)c2ccc(C(C)=O)cc2)cc1. The fourth-order valence-electron chi connectivity index (χ4n) is 3.75. The number of amides is 1. The molecule has 1 unspecified atom stereocenters. The molecular weight excluding hydrogens is 400 g/mol. The highest BCUT2D eigenvalue weighted by molar-refractivity contribution is 7.89. The van der Waals surface area contributed by atoms with Crippen LogP contribution in [-0.4, -0.2) is 37.6 Å². The molecule has 1 aliphatic rings. The summed E-state index contributed by atoms with van der Waals surface area (Å²) in [4.78, 5) is 26.3. The van der Waals surface area contributed by atoms with E-state index in [9.17, 15) is 18.0 Å². The Kier molecular flexibility index (Phi) is 7.05. The Morgan fingerprint density at radius 1 is 1.00 bits per heavy atom. The molecule has 1 N–H and O–H groups in total. The normalized spacial score (nSPS) is 17.0. The van der Waals surface area contributed by atoms with E-state index in [1.54, 1.807) is 24.3 Å². The van der Waals surface area contributed by atoms with E-state index in [0.717, 1.165) is 31.4 Å². The van der Waals surface area contributed by atoms with Crippen LogP contribution < -0.4 is 4.72 Å². The van der Waals surface area contributed by atoms with Crippen molar-refractivity contribution in [1.29, 1.82) is 0 Å². The molecule has 0 bridgehead atoms. The smallest absolute Gasteiger partial charge is 0.254 e. The zero-order chi connectivity index (χ0) is 21.7. The summed E-state index contributed by atoms with van der Waals surface area (Å²) in [5.41, 5.74) is 1.86.